The van der Waals surface area contributed by atoms with Crippen molar-refractivity contribution in [3.63, 3.8) is 0 Å². The Hall–Kier alpha value is -9.80. The molecule has 14 aromatic carbocycles. The maximum Gasteiger partial charge on any atom is 3.00 e. The van der Waals surface area contributed by atoms with Crippen LogP contribution in [0, 0.1) is 0 Å². The molecule has 18 rings (SSSR count). The molecule has 4 aliphatic rings. The van der Waals surface area contributed by atoms with Crippen LogP contribution in [0.5, 0.6) is 0 Å². The van der Waals surface area contributed by atoms with E-state index in [1.807, 2.05) is 12.1 Å². The van der Waals surface area contributed by atoms with Crippen LogP contribution < -0.4 is 43.7 Å². The van der Waals surface area contributed by atoms with Crippen LogP contribution in [0.3, 0.4) is 0 Å². The molecule has 0 aromatic heterocycles. The van der Waals surface area contributed by atoms with Crippen molar-refractivity contribution in [1.29, 1.82) is 0 Å². The van der Waals surface area contributed by atoms with E-state index in [-0.39, 0.29) is 68.3 Å². The number of hydrogen-bond acceptors (Lipinski definition) is 6. The summed E-state index contributed by atoms with van der Waals surface area (Å²) in [5.41, 5.74) is 27.2. The minimum atomic E-state index is -1.22. The van der Waals surface area contributed by atoms with Crippen molar-refractivity contribution in [2.45, 2.75) is 209 Å². The zero-order valence-corrected chi connectivity index (χ0v) is 91.1. The molecular formula is C126H152B2N4O4Y2. The van der Waals surface area contributed by atoms with Gasteiger partial charge in [-0.1, -0.05) is 499 Å². The predicted molar refractivity (Wildman–Crippen MR) is 592 cm³/mol. The third-order valence-electron chi connectivity index (χ3n) is 26.0. The molecule has 0 radical (unpaired) electrons. The van der Waals surface area contributed by atoms with Crippen LogP contribution in [-0.2, 0) is 84.4 Å². The van der Waals surface area contributed by atoms with Gasteiger partial charge in [-0.15, -0.1) is 0 Å². The smallest absolute Gasteiger partial charge is 1.00 e. The molecule has 0 unspecified atom stereocenters. The van der Waals surface area contributed by atoms with Gasteiger partial charge in [0.2, 0.25) is 0 Å². The number of ether oxygens (including phenoxy) is 4. The van der Waals surface area contributed by atoms with Crippen molar-refractivity contribution in [3.8, 4) is 0 Å². The second-order valence-electron chi connectivity index (χ2n) is 38.5. The average molecular weight is 1990 g/mol. The third-order valence-corrected chi connectivity index (χ3v) is 26.0. The van der Waals surface area contributed by atoms with Crippen LogP contribution in [0.25, 0.3) is 10.6 Å². The Labute approximate surface area is 884 Å². The van der Waals surface area contributed by atoms with Gasteiger partial charge in [0.1, 0.15) is 12.3 Å². The average Bonchev–Trinajstić information content (AvgIpc) is 0.790. The van der Waals surface area contributed by atoms with Gasteiger partial charge < -0.3 is 42.4 Å². The number of nitrogens with zero attached hydrogens (tertiary/aromatic N) is 4. The summed E-state index contributed by atoms with van der Waals surface area (Å²) in [5, 5.41) is 10.6. The SMILES string of the molecule is C1CCOC1.C1CCOC1.C1CCOC1.C1CCOC1.CC(C)c1cccc(C(C)C)c1N=C([N-]c1c(C(C)C)cccc1C(C)C)c1ccccc1.CC(C)c1cccc(C(C)C)c1N=C([N-]c1c(C(C)C)cccc1C(C)C)c1ccccc1.[H-].[H-].[Y+3].[Y+3].c1ccc([B-](c2ccccc2)(c2ccccc2)c2ccccc2)cc1.c1ccc([B-](c2ccccc2)(c2ccccc2)c2ccccc2)cc1. The summed E-state index contributed by atoms with van der Waals surface area (Å²) in [5.74, 6) is 4.62. The molecule has 138 heavy (non-hydrogen) atoms. The first kappa shape index (κ1) is 112. The second kappa shape index (κ2) is 59.7. The molecule has 0 amide bonds. The number of benzene rings is 14. The van der Waals surface area contributed by atoms with Crippen LogP contribution in [0.15, 0.2) is 386 Å². The van der Waals surface area contributed by atoms with E-state index >= 15 is 0 Å². The van der Waals surface area contributed by atoms with Gasteiger partial charge in [-0.3, -0.25) is 0 Å². The van der Waals surface area contributed by atoms with Gasteiger partial charge in [0, 0.05) is 52.9 Å². The fraction of sp³-hybridized carbons (Fsp3) is 0.317. The Morgan fingerprint density at radius 2 is 0.348 bits per heavy atom. The number of hydrogen-bond donors (Lipinski definition) is 0. The topological polar surface area (TPSA) is 89.8 Å². The number of aliphatic imine (C=N–C) groups is 2. The van der Waals surface area contributed by atoms with E-state index in [1.165, 1.54) is 140 Å². The Bertz CT molecular complexity index is 4970. The van der Waals surface area contributed by atoms with E-state index < -0.39 is 12.3 Å². The number of rotatable bonds is 22. The zero-order valence-electron chi connectivity index (χ0n) is 87.5. The summed E-state index contributed by atoms with van der Waals surface area (Å²) >= 11 is 0. The molecule has 0 saturated carbocycles. The van der Waals surface area contributed by atoms with Crippen molar-refractivity contribution in [2.75, 3.05) is 52.9 Å². The van der Waals surface area contributed by atoms with Gasteiger partial charge in [0.15, 0.2) is 0 Å². The first-order valence-corrected chi connectivity index (χ1v) is 50.5. The molecule has 4 aliphatic heterocycles. The van der Waals surface area contributed by atoms with Gasteiger partial charge in [-0.05, 0) is 177 Å². The molecule has 0 N–H and O–H groups in total. The molecule has 4 saturated heterocycles. The van der Waals surface area contributed by atoms with E-state index in [9.17, 15) is 0 Å². The molecule has 8 nitrogen and oxygen atoms in total. The molecule has 14 aromatic rings. The van der Waals surface area contributed by atoms with Crippen molar-refractivity contribution in [2.24, 2.45) is 9.98 Å². The molecule has 12 heteroatoms. The minimum absolute atomic E-state index is 0. The molecule has 4 fully saturated rings. The summed E-state index contributed by atoms with van der Waals surface area (Å²) in [4.78, 5) is 10.6. The summed E-state index contributed by atoms with van der Waals surface area (Å²) in [6.45, 7) is 43.8. The Morgan fingerprint density at radius 3 is 0.486 bits per heavy atom. The molecular weight excluding hydrogens is 1830 g/mol. The third kappa shape index (κ3) is 31.6. The van der Waals surface area contributed by atoms with Crippen LogP contribution >= 0.6 is 0 Å². The number of para-hydroxylation sites is 4. The molecule has 0 aliphatic carbocycles. The van der Waals surface area contributed by atoms with Gasteiger partial charge >= 0.3 is 65.4 Å². The van der Waals surface area contributed by atoms with E-state index in [0.717, 1.165) is 98.4 Å². The van der Waals surface area contributed by atoms with E-state index in [0.29, 0.717) is 47.3 Å². The van der Waals surface area contributed by atoms with Crippen molar-refractivity contribution in [3.05, 3.63) is 442 Å². The number of amidine groups is 2. The second-order valence-corrected chi connectivity index (χ2v) is 38.5. The first-order valence-electron chi connectivity index (χ1n) is 50.5. The van der Waals surface area contributed by atoms with Crippen LogP contribution in [0.1, 0.15) is 268 Å². The van der Waals surface area contributed by atoms with Gasteiger partial charge in [-0.2, -0.15) is 43.7 Å². The predicted octanol–water partition coefficient (Wildman–Crippen LogP) is 29.5. The summed E-state index contributed by atoms with van der Waals surface area (Å²) in [6, 6.07) is 134. The zero-order chi connectivity index (χ0) is 96.3. The Morgan fingerprint density at radius 1 is 0.203 bits per heavy atom. The Balaban J connectivity index is 0.000000235. The van der Waals surface area contributed by atoms with E-state index in [4.69, 9.17) is 39.6 Å². The molecule has 712 valence electrons. The normalized spacial score (nSPS) is 13.4. The maximum absolute atomic E-state index is 5.32. The summed E-state index contributed by atoms with van der Waals surface area (Å²) in [7, 11) is 0. The molecule has 0 spiro atoms. The van der Waals surface area contributed by atoms with Gasteiger partial charge in [0.25, 0.3) is 0 Å². The molecule has 4 heterocycles. The van der Waals surface area contributed by atoms with Crippen LogP contribution in [-0.4, -0.2) is 76.8 Å². The largest absolute Gasteiger partial charge is 3.00 e. The van der Waals surface area contributed by atoms with Crippen molar-refractivity contribution >= 4 is 90.4 Å². The quantitative estimate of drug-likeness (QED) is 0.0384. The molecule has 0 atom stereocenters. The minimum Gasteiger partial charge on any atom is -1.00 e. The monoisotopic (exact) mass is 1990 g/mol. The Kier molecular flexibility index (Phi) is 48.4. The maximum atomic E-state index is 5.32. The van der Waals surface area contributed by atoms with Crippen LogP contribution in [0.2, 0.25) is 0 Å². The fourth-order valence-corrected chi connectivity index (χ4v) is 18.8. The van der Waals surface area contributed by atoms with Crippen molar-refractivity contribution in [1.82, 2.24) is 0 Å². The first-order chi connectivity index (χ1) is 66.2. The summed E-state index contributed by atoms with van der Waals surface area (Å²) in [6.07, 6.45) is 7.79. The van der Waals surface area contributed by atoms with Crippen LogP contribution in [0.4, 0.5) is 22.7 Å². The van der Waals surface area contributed by atoms with Gasteiger partial charge in [-0.25, -0.2) is 0 Å². The summed E-state index contributed by atoms with van der Waals surface area (Å²) < 4.78 is 19.8. The fourth-order valence-electron chi connectivity index (χ4n) is 18.8. The standard InChI is InChI=1S/2C31H39N2.2C24H20B.4C4H8O.2Y.2H/c2*1-20(2)25-16-12-17-26(21(3)4)29(25)32-31(24-14-10-9-11-15-24)33-30-27(22(5)6)18-13-19-28(30)23(7)8;2*1-5-13-21(14-6-1)25(22-15-7-2-8-16-22,23-17-9-3-10-18-23)24-19-11-4-12-20-24;4*1-2-4-5-3-1;;;;/h2*9-23H,1-8H3;2*1-20H;4*1-4H2;;;;/q4*-1;;;;;2*+3;2*-1. The van der Waals surface area contributed by atoms with Gasteiger partial charge in [0.05, 0.1) is 0 Å². The van der Waals surface area contributed by atoms with Crippen molar-refractivity contribution < 1.29 is 87.2 Å². The van der Waals surface area contributed by atoms with E-state index in [1.54, 1.807) is 0 Å². The molecule has 0 bridgehead atoms. The van der Waals surface area contributed by atoms with E-state index in [2.05, 4.69) is 475 Å².